The number of benzene rings is 1. The first-order valence-electron chi connectivity index (χ1n) is 5.40. The molecule has 0 heterocycles. The molecule has 1 rings (SSSR count). The Kier molecular flexibility index (Phi) is 4.83. The predicted molar refractivity (Wildman–Crippen MR) is 67.4 cm³/mol. The number of hydrogen-bond donors (Lipinski definition) is 3. The molecule has 0 saturated carbocycles. The van der Waals surface area contributed by atoms with E-state index in [9.17, 15) is 13.2 Å². The molecule has 18 heavy (non-hydrogen) atoms. The Labute approximate surface area is 106 Å². The van der Waals surface area contributed by atoms with Crippen molar-refractivity contribution in [1.82, 2.24) is 9.44 Å². The summed E-state index contributed by atoms with van der Waals surface area (Å²) in [6.07, 6.45) is 0. The van der Waals surface area contributed by atoms with Gasteiger partial charge in [0.25, 0.3) is 10.2 Å². The van der Waals surface area contributed by atoms with Crippen molar-refractivity contribution < 1.29 is 18.3 Å². The lowest BCUT2D eigenvalue weighted by atomic mass is 10.1. The third kappa shape index (κ3) is 4.44. The van der Waals surface area contributed by atoms with E-state index in [0.29, 0.717) is 5.56 Å². The summed E-state index contributed by atoms with van der Waals surface area (Å²) in [6.45, 7) is 3.33. The average Bonchev–Trinajstić information content (AvgIpc) is 2.25. The molecule has 0 bridgehead atoms. The number of carboxylic acids is 1. The number of nitrogens with one attached hydrogen (secondary N) is 2. The molecular weight excluding hydrogens is 256 g/mol. The zero-order valence-corrected chi connectivity index (χ0v) is 11.0. The first-order chi connectivity index (χ1) is 8.32. The quantitative estimate of drug-likeness (QED) is 0.711. The molecule has 6 nitrogen and oxygen atoms in total. The van der Waals surface area contributed by atoms with E-state index in [1.165, 1.54) is 6.07 Å². The normalized spacial score (nSPS) is 11.7. The lowest BCUT2D eigenvalue weighted by Crippen LogP contribution is -2.40. The van der Waals surface area contributed by atoms with Crippen LogP contribution in [-0.4, -0.2) is 25.5 Å². The van der Waals surface area contributed by atoms with Crippen molar-refractivity contribution in [3.8, 4) is 0 Å². The summed E-state index contributed by atoms with van der Waals surface area (Å²) in [5.41, 5.74) is 0.504. The van der Waals surface area contributed by atoms with Crippen LogP contribution in [0.1, 0.15) is 29.8 Å². The second-order valence-electron chi connectivity index (χ2n) is 4.06. The number of hydrogen-bond acceptors (Lipinski definition) is 3. The summed E-state index contributed by atoms with van der Waals surface area (Å²) < 4.78 is 27.7. The van der Waals surface area contributed by atoms with Gasteiger partial charge in [-0.15, -0.1) is 0 Å². The van der Waals surface area contributed by atoms with E-state index in [-0.39, 0.29) is 18.2 Å². The van der Waals surface area contributed by atoms with Crippen molar-refractivity contribution >= 4 is 16.2 Å². The molecule has 1 aromatic rings. The minimum atomic E-state index is -3.61. The van der Waals surface area contributed by atoms with E-state index < -0.39 is 16.2 Å². The van der Waals surface area contributed by atoms with Crippen LogP contribution in [0.15, 0.2) is 24.3 Å². The number of rotatable bonds is 6. The molecule has 0 fully saturated rings. The van der Waals surface area contributed by atoms with Gasteiger partial charge in [-0.25, -0.2) is 4.79 Å². The van der Waals surface area contributed by atoms with Crippen LogP contribution in [-0.2, 0) is 16.8 Å². The van der Waals surface area contributed by atoms with Gasteiger partial charge < -0.3 is 5.11 Å². The van der Waals surface area contributed by atoms with E-state index in [1.54, 1.807) is 32.0 Å². The average molecular weight is 272 g/mol. The van der Waals surface area contributed by atoms with Crippen LogP contribution in [0.3, 0.4) is 0 Å². The van der Waals surface area contributed by atoms with Gasteiger partial charge in [0.2, 0.25) is 0 Å². The Morgan fingerprint density at radius 2 is 1.94 bits per heavy atom. The largest absolute Gasteiger partial charge is 0.478 e. The maximum Gasteiger partial charge on any atom is 0.336 e. The van der Waals surface area contributed by atoms with Crippen LogP contribution in [0, 0.1) is 0 Å². The zero-order chi connectivity index (χ0) is 13.8. The molecule has 3 N–H and O–H groups in total. The van der Waals surface area contributed by atoms with E-state index in [1.807, 2.05) is 0 Å². The highest BCUT2D eigenvalue weighted by molar-refractivity contribution is 7.87. The Morgan fingerprint density at radius 1 is 1.33 bits per heavy atom. The van der Waals surface area contributed by atoms with Crippen LogP contribution in [0.25, 0.3) is 0 Å². The molecule has 100 valence electrons. The maximum atomic E-state index is 11.5. The Hall–Kier alpha value is -1.44. The molecule has 0 aliphatic carbocycles. The van der Waals surface area contributed by atoms with Crippen LogP contribution < -0.4 is 9.44 Å². The molecule has 0 aromatic heterocycles. The summed E-state index contributed by atoms with van der Waals surface area (Å²) in [4.78, 5) is 10.9. The zero-order valence-electron chi connectivity index (χ0n) is 10.2. The van der Waals surface area contributed by atoms with Gasteiger partial charge in [0.1, 0.15) is 0 Å². The molecule has 7 heteroatoms. The van der Waals surface area contributed by atoms with Crippen LogP contribution in [0.5, 0.6) is 0 Å². The second kappa shape index (κ2) is 5.94. The molecule has 0 atom stereocenters. The highest BCUT2D eigenvalue weighted by atomic mass is 32.2. The number of carbonyl (C=O) groups is 1. The number of carboxylic acid groups (broad SMARTS) is 1. The standard InChI is InChI=1S/C11H16N2O4S/c1-8(2)13-18(16,17)12-7-9-5-3-4-6-10(9)11(14)15/h3-6,8,12-13H,7H2,1-2H3,(H,14,15). The lowest BCUT2D eigenvalue weighted by molar-refractivity contribution is 0.0695. The van der Waals surface area contributed by atoms with Crippen molar-refractivity contribution in [3.63, 3.8) is 0 Å². The van der Waals surface area contributed by atoms with Gasteiger partial charge in [0, 0.05) is 12.6 Å². The SMILES string of the molecule is CC(C)NS(=O)(=O)NCc1ccccc1C(=O)O. The molecule has 0 amide bonds. The molecule has 0 spiro atoms. The summed E-state index contributed by atoms with van der Waals surface area (Å²) in [5.74, 6) is -1.08. The van der Waals surface area contributed by atoms with Crippen molar-refractivity contribution in [3.05, 3.63) is 35.4 Å². The maximum absolute atomic E-state index is 11.5. The fraction of sp³-hybridized carbons (Fsp3) is 0.364. The summed E-state index contributed by atoms with van der Waals surface area (Å²) in [7, 11) is -3.61. The molecule has 0 aliphatic rings. The van der Waals surface area contributed by atoms with Crippen molar-refractivity contribution in [2.45, 2.75) is 26.4 Å². The smallest absolute Gasteiger partial charge is 0.336 e. The molecular formula is C11H16N2O4S. The minimum absolute atomic E-state index is 0.0650. The van der Waals surface area contributed by atoms with Crippen molar-refractivity contribution in [2.24, 2.45) is 0 Å². The molecule has 1 aromatic carbocycles. The lowest BCUT2D eigenvalue weighted by Gasteiger charge is -2.11. The summed E-state index contributed by atoms with van der Waals surface area (Å²) >= 11 is 0. The monoisotopic (exact) mass is 272 g/mol. The first-order valence-corrected chi connectivity index (χ1v) is 6.88. The third-order valence-electron chi connectivity index (χ3n) is 2.09. The predicted octanol–water partition coefficient (Wildman–Crippen LogP) is 0.717. The Morgan fingerprint density at radius 3 is 2.50 bits per heavy atom. The third-order valence-corrected chi connectivity index (χ3v) is 3.40. The van der Waals surface area contributed by atoms with Crippen LogP contribution in [0.2, 0.25) is 0 Å². The van der Waals surface area contributed by atoms with E-state index in [4.69, 9.17) is 5.11 Å². The van der Waals surface area contributed by atoms with Gasteiger partial charge in [-0.1, -0.05) is 18.2 Å². The molecule has 0 saturated heterocycles. The number of aromatic carboxylic acids is 1. The minimum Gasteiger partial charge on any atom is -0.478 e. The Balaban J connectivity index is 2.78. The van der Waals surface area contributed by atoms with E-state index in [2.05, 4.69) is 9.44 Å². The Bertz CT molecular complexity index is 526. The van der Waals surface area contributed by atoms with Crippen LogP contribution >= 0.6 is 0 Å². The van der Waals surface area contributed by atoms with Crippen molar-refractivity contribution in [2.75, 3.05) is 0 Å². The fourth-order valence-corrected chi connectivity index (χ4v) is 2.46. The topological polar surface area (TPSA) is 95.5 Å². The molecule has 0 radical (unpaired) electrons. The van der Waals surface area contributed by atoms with Gasteiger partial charge >= 0.3 is 5.97 Å². The van der Waals surface area contributed by atoms with Crippen LogP contribution in [0.4, 0.5) is 0 Å². The fourth-order valence-electron chi connectivity index (χ4n) is 1.41. The first kappa shape index (κ1) is 14.6. The van der Waals surface area contributed by atoms with Gasteiger partial charge in [0.05, 0.1) is 5.56 Å². The van der Waals surface area contributed by atoms with Gasteiger partial charge in [-0.05, 0) is 25.5 Å². The van der Waals surface area contributed by atoms with E-state index >= 15 is 0 Å². The molecule has 0 aliphatic heterocycles. The molecule has 0 unspecified atom stereocenters. The van der Waals surface area contributed by atoms with Crippen molar-refractivity contribution in [1.29, 1.82) is 0 Å². The second-order valence-corrected chi connectivity index (χ2v) is 5.59. The van der Waals surface area contributed by atoms with E-state index in [0.717, 1.165) is 0 Å². The summed E-state index contributed by atoms with van der Waals surface area (Å²) in [5, 5.41) is 8.95. The van der Waals surface area contributed by atoms with Gasteiger partial charge in [-0.2, -0.15) is 17.9 Å². The van der Waals surface area contributed by atoms with Gasteiger partial charge in [-0.3, -0.25) is 0 Å². The summed E-state index contributed by atoms with van der Waals surface area (Å²) in [6, 6.07) is 6.03. The highest BCUT2D eigenvalue weighted by Gasteiger charge is 2.14. The highest BCUT2D eigenvalue weighted by Crippen LogP contribution is 2.08. The van der Waals surface area contributed by atoms with Gasteiger partial charge in [0.15, 0.2) is 0 Å².